The molecule has 0 bridgehead atoms. The Hall–Kier alpha value is -2.86. The van der Waals surface area contributed by atoms with Gasteiger partial charge in [-0.05, 0) is 58.1 Å². The first kappa shape index (κ1) is 18.5. The fraction of sp³-hybridized carbons (Fsp3) is 0.364. The van der Waals surface area contributed by atoms with Crippen LogP contribution in [0.4, 0.5) is 10.5 Å². The van der Waals surface area contributed by atoms with Crippen molar-refractivity contribution in [3.63, 3.8) is 0 Å². The summed E-state index contributed by atoms with van der Waals surface area (Å²) in [5.74, 6) is 0.589. The molecule has 0 aliphatic carbocycles. The van der Waals surface area contributed by atoms with E-state index in [1.54, 1.807) is 0 Å². The van der Waals surface area contributed by atoms with Crippen LogP contribution in [-0.2, 0) is 0 Å². The highest BCUT2D eigenvalue weighted by Gasteiger charge is 2.24. The number of fused-ring (bicyclic) bond motifs is 1. The van der Waals surface area contributed by atoms with Gasteiger partial charge < -0.3 is 19.5 Å². The van der Waals surface area contributed by atoms with Gasteiger partial charge >= 0.3 is 6.03 Å². The quantitative estimate of drug-likeness (QED) is 0.720. The predicted molar refractivity (Wildman–Crippen MR) is 111 cm³/mol. The van der Waals surface area contributed by atoms with Gasteiger partial charge in [-0.25, -0.2) is 9.78 Å². The number of oxazole rings is 1. The summed E-state index contributed by atoms with van der Waals surface area (Å²) in [5, 5.41) is 3.02. The number of aryl methyl sites for hydroxylation is 1. The third-order valence-electron chi connectivity index (χ3n) is 5.21. The number of rotatable bonds is 2. The van der Waals surface area contributed by atoms with Crippen LogP contribution >= 0.6 is 0 Å². The summed E-state index contributed by atoms with van der Waals surface area (Å²) >= 11 is 0. The van der Waals surface area contributed by atoms with E-state index >= 15 is 0 Å². The van der Waals surface area contributed by atoms with Gasteiger partial charge in [-0.1, -0.05) is 17.7 Å². The summed E-state index contributed by atoms with van der Waals surface area (Å²) in [6.45, 7) is 6.80. The molecule has 146 valence electrons. The predicted octanol–water partition coefficient (Wildman–Crippen LogP) is 4.36. The molecular formula is C22H26N4O2. The summed E-state index contributed by atoms with van der Waals surface area (Å²) in [5.41, 5.74) is 4.26. The molecule has 0 spiro atoms. The molecule has 6 heteroatoms. The number of urea groups is 1. The van der Waals surface area contributed by atoms with E-state index in [0.29, 0.717) is 17.2 Å². The van der Waals surface area contributed by atoms with Gasteiger partial charge in [-0.15, -0.1) is 0 Å². The highest BCUT2D eigenvalue weighted by molar-refractivity contribution is 5.92. The van der Waals surface area contributed by atoms with Crippen LogP contribution in [-0.4, -0.2) is 53.5 Å². The summed E-state index contributed by atoms with van der Waals surface area (Å²) in [7, 11) is 2.10. The molecule has 1 aliphatic rings. The Kier molecular flexibility index (Phi) is 5.05. The van der Waals surface area contributed by atoms with Gasteiger partial charge in [0.2, 0.25) is 5.89 Å². The fourth-order valence-corrected chi connectivity index (χ4v) is 3.77. The van der Waals surface area contributed by atoms with E-state index in [1.165, 1.54) is 0 Å². The Bertz CT molecular complexity index is 997. The monoisotopic (exact) mass is 378 g/mol. The second-order valence-corrected chi connectivity index (χ2v) is 7.66. The average molecular weight is 378 g/mol. The van der Waals surface area contributed by atoms with Crippen LogP contribution in [0.1, 0.15) is 18.9 Å². The zero-order valence-corrected chi connectivity index (χ0v) is 16.6. The smallest absolute Gasteiger partial charge is 0.322 e. The number of anilines is 1. The number of nitrogens with zero attached hydrogens (tertiary/aromatic N) is 3. The van der Waals surface area contributed by atoms with E-state index in [9.17, 15) is 4.79 Å². The minimum atomic E-state index is -0.0689. The first-order valence-electron chi connectivity index (χ1n) is 9.73. The molecule has 1 atom stereocenters. The Labute approximate surface area is 165 Å². The minimum absolute atomic E-state index is 0.0689. The van der Waals surface area contributed by atoms with Gasteiger partial charge in [0.1, 0.15) is 5.52 Å². The number of nitrogens with one attached hydrogen (secondary N) is 1. The molecule has 3 aromatic rings. The second kappa shape index (κ2) is 7.64. The van der Waals surface area contributed by atoms with Crippen molar-refractivity contribution in [1.29, 1.82) is 0 Å². The van der Waals surface area contributed by atoms with Crippen LogP contribution in [0.3, 0.4) is 0 Å². The number of benzene rings is 2. The van der Waals surface area contributed by atoms with E-state index in [1.807, 2.05) is 54.3 Å². The van der Waals surface area contributed by atoms with E-state index < -0.39 is 0 Å². The van der Waals surface area contributed by atoms with Crippen molar-refractivity contribution in [1.82, 2.24) is 14.8 Å². The third kappa shape index (κ3) is 3.87. The van der Waals surface area contributed by atoms with E-state index in [-0.39, 0.29) is 12.1 Å². The fourth-order valence-electron chi connectivity index (χ4n) is 3.77. The summed E-state index contributed by atoms with van der Waals surface area (Å²) in [4.78, 5) is 21.5. The number of aromatic nitrogens is 1. The molecule has 4 rings (SSSR count). The van der Waals surface area contributed by atoms with Crippen molar-refractivity contribution in [3.8, 4) is 11.5 Å². The van der Waals surface area contributed by atoms with Gasteiger partial charge in [-0.2, -0.15) is 0 Å². The normalized spacial score (nSPS) is 18.2. The van der Waals surface area contributed by atoms with Crippen molar-refractivity contribution in [2.24, 2.45) is 0 Å². The molecular weight excluding hydrogens is 352 g/mol. The number of likely N-dealkylation sites (N-methyl/N-ethyl adjacent to an activating group) is 1. The van der Waals surface area contributed by atoms with E-state index in [0.717, 1.165) is 42.7 Å². The SMILES string of the molecule is Cc1cccc(-c2nc3ccc(NC(=O)N4CCCN(C)C[C@@H]4C)cc3o2)c1. The van der Waals surface area contributed by atoms with Gasteiger partial charge in [0.05, 0.1) is 0 Å². The lowest BCUT2D eigenvalue weighted by atomic mass is 10.1. The molecule has 1 aliphatic heterocycles. The first-order valence-corrected chi connectivity index (χ1v) is 9.73. The van der Waals surface area contributed by atoms with Crippen molar-refractivity contribution in [2.75, 3.05) is 32.0 Å². The van der Waals surface area contributed by atoms with E-state index in [4.69, 9.17) is 4.42 Å². The molecule has 28 heavy (non-hydrogen) atoms. The average Bonchev–Trinajstić information content (AvgIpc) is 3.00. The molecule has 2 amide bonds. The lowest BCUT2D eigenvalue weighted by Gasteiger charge is -2.28. The third-order valence-corrected chi connectivity index (χ3v) is 5.21. The Balaban J connectivity index is 1.54. The molecule has 6 nitrogen and oxygen atoms in total. The number of amides is 2. The zero-order chi connectivity index (χ0) is 19.7. The van der Waals surface area contributed by atoms with Gasteiger partial charge in [0.25, 0.3) is 0 Å². The van der Waals surface area contributed by atoms with Gasteiger partial charge in [-0.3, -0.25) is 0 Å². The Morgan fingerprint density at radius 1 is 1.21 bits per heavy atom. The molecule has 0 saturated carbocycles. The standard InChI is InChI=1S/C22H26N4O2/c1-15-6-4-7-17(12-15)21-24-19-9-8-18(13-20(19)28-21)23-22(27)26-11-5-10-25(3)14-16(26)2/h4,6-9,12-13,16H,5,10-11,14H2,1-3H3,(H,23,27)/t16-/m0/s1. The van der Waals surface area contributed by atoms with Crippen molar-refractivity contribution < 1.29 is 9.21 Å². The number of hydrogen-bond donors (Lipinski definition) is 1. The maximum atomic E-state index is 12.8. The lowest BCUT2D eigenvalue weighted by Crippen LogP contribution is -2.44. The van der Waals surface area contributed by atoms with Gasteiger partial charge in [0, 0.05) is 36.4 Å². The maximum Gasteiger partial charge on any atom is 0.322 e. The molecule has 2 aromatic carbocycles. The van der Waals surface area contributed by atoms with Crippen LogP contribution in [0.5, 0.6) is 0 Å². The number of carbonyl (C=O) groups excluding carboxylic acids is 1. The summed E-state index contributed by atoms with van der Waals surface area (Å²) in [6, 6.07) is 13.8. The second-order valence-electron chi connectivity index (χ2n) is 7.66. The first-order chi connectivity index (χ1) is 13.5. The highest BCUT2D eigenvalue weighted by Crippen LogP contribution is 2.27. The van der Waals surface area contributed by atoms with E-state index in [2.05, 4.69) is 29.2 Å². The zero-order valence-electron chi connectivity index (χ0n) is 16.6. The van der Waals surface area contributed by atoms with Crippen molar-refractivity contribution in [2.45, 2.75) is 26.3 Å². The van der Waals surface area contributed by atoms with Crippen LogP contribution < -0.4 is 5.32 Å². The topological polar surface area (TPSA) is 61.6 Å². The number of hydrogen-bond acceptors (Lipinski definition) is 4. The molecule has 1 N–H and O–H groups in total. The molecule has 1 saturated heterocycles. The highest BCUT2D eigenvalue weighted by atomic mass is 16.3. The Morgan fingerprint density at radius 3 is 2.89 bits per heavy atom. The molecule has 1 fully saturated rings. The van der Waals surface area contributed by atoms with Crippen molar-refractivity contribution >= 4 is 22.8 Å². The molecule has 0 radical (unpaired) electrons. The van der Waals surface area contributed by atoms with Crippen molar-refractivity contribution in [3.05, 3.63) is 48.0 Å². The Morgan fingerprint density at radius 2 is 2.07 bits per heavy atom. The largest absolute Gasteiger partial charge is 0.436 e. The van der Waals surface area contributed by atoms with Crippen LogP contribution in [0, 0.1) is 6.92 Å². The lowest BCUT2D eigenvalue weighted by molar-refractivity contribution is 0.190. The van der Waals surface area contributed by atoms with Crippen LogP contribution in [0.25, 0.3) is 22.6 Å². The summed E-state index contributed by atoms with van der Waals surface area (Å²) < 4.78 is 5.95. The van der Waals surface area contributed by atoms with Gasteiger partial charge in [0.15, 0.2) is 5.58 Å². The maximum absolute atomic E-state index is 12.8. The molecule has 1 aromatic heterocycles. The molecule has 0 unspecified atom stereocenters. The number of carbonyl (C=O) groups is 1. The van der Waals surface area contributed by atoms with Crippen LogP contribution in [0.2, 0.25) is 0 Å². The molecule has 2 heterocycles. The minimum Gasteiger partial charge on any atom is -0.436 e. The van der Waals surface area contributed by atoms with Crippen LogP contribution in [0.15, 0.2) is 46.9 Å². The summed E-state index contributed by atoms with van der Waals surface area (Å²) in [6.07, 6.45) is 0.981.